The Morgan fingerprint density at radius 2 is 1.69 bits per heavy atom. The maximum atomic E-state index is 15.4. The highest BCUT2D eigenvalue weighted by Gasteiger charge is 2.71. The average molecular weight is 835 g/mol. The molecule has 58 heavy (non-hydrogen) atoms. The molecule has 6 atom stereocenters. The van der Waals surface area contributed by atoms with Crippen molar-refractivity contribution in [3.05, 3.63) is 117 Å². The Bertz CT molecular complexity index is 2420. The van der Waals surface area contributed by atoms with Crippen molar-refractivity contribution in [2.75, 3.05) is 16.9 Å². The number of allylic oxidation sites excluding steroid dienone is 2. The van der Waals surface area contributed by atoms with Gasteiger partial charge in [-0.3, -0.25) is 29.5 Å². The molecule has 3 heterocycles. The lowest BCUT2D eigenvalue weighted by atomic mass is 9.49. The molecule has 6 unspecified atom stereocenters. The third-order valence-corrected chi connectivity index (χ3v) is 12.2. The molecule has 4 aromatic rings. The minimum atomic E-state index is -4.79. The number of hydrogen-bond acceptors (Lipinski definition) is 10. The van der Waals surface area contributed by atoms with Crippen molar-refractivity contribution >= 4 is 70.9 Å². The number of rotatable bonds is 8. The number of hydrazine groups is 1. The topological polar surface area (TPSA) is 170 Å². The van der Waals surface area contributed by atoms with Crippen LogP contribution in [-0.4, -0.2) is 62.5 Å². The fourth-order valence-electron chi connectivity index (χ4n) is 9.25. The minimum Gasteiger partial charge on any atom is -0.504 e. The van der Waals surface area contributed by atoms with Gasteiger partial charge in [-0.15, -0.1) is 0 Å². The molecule has 1 saturated carbocycles. The van der Waals surface area contributed by atoms with E-state index in [1.807, 2.05) is 0 Å². The van der Waals surface area contributed by atoms with E-state index in [0.29, 0.717) is 33.4 Å². The van der Waals surface area contributed by atoms with E-state index >= 15 is 4.79 Å². The Hall–Kier alpha value is -5.42. The number of alkyl halides is 3. The van der Waals surface area contributed by atoms with Crippen LogP contribution in [0.5, 0.6) is 11.5 Å². The molecule has 1 aromatic heterocycles. The monoisotopic (exact) mass is 834 g/mol. The quantitative estimate of drug-likeness (QED) is 0.103. The van der Waals surface area contributed by atoms with Crippen LogP contribution in [0.4, 0.5) is 24.7 Å². The summed E-state index contributed by atoms with van der Waals surface area (Å²) in [6, 6.07) is 17.2. The molecule has 2 saturated heterocycles. The molecule has 12 nitrogen and oxygen atoms in total. The molecule has 0 bridgehead atoms. The predicted molar refractivity (Wildman–Crippen MR) is 205 cm³/mol. The van der Waals surface area contributed by atoms with Crippen LogP contribution in [0.1, 0.15) is 42.4 Å². The second-order valence-electron chi connectivity index (χ2n) is 14.5. The molecule has 2 aliphatic carbocycles. The Labute approximate surface area is 338 Å². The Balaban J connectivity index is 1.32. The van der Waals surface area contributed by atoms with Gasteiger partial charge in [-0.25, -0.2) is 4.98 Å². The summed E-state index contributed by atoms with van der Waals surface area (Å²) in [4.78, 5) is 63.8. The number of halogens is 5. The molecular weight excluding hydrogens is 803 g/mol. The summed E-state index contributed by atoms with van der Waals surface area (Å²) in [6.07, 6.45) is -2.63. The van der Waals surface area contributed by atoms with Gasteiger partial charge in [0.1, 0.15) is 0 Å². The molecule has 2 aliphatic heterocycles. The number of aromatic nitrogens is 1. The summed E-state index contributed by atoms with van der Waals surface area (Å²) in [5.74, 6) is -8.81. The van der Waals surface area contributed by atoms with Crippen LogP contribution >= 0.6 is 23.2 Å². The van der Waals surface area contributed by atoms with E-state index in [1.165, 1.54) is 42.5 Å². The van der Waals surface area contributed by atoms with Crippen LogP contribution in [0.3, 0.4) is 0 Å². The van der Waals surface area contributed by atoms with E-state index in [0.717, 1.165) is 4.90 Å². The van der Waals surface area contributed by atoms with Gasteiger partial charge in [-0.05, 0) is 73.1 Å². The van der Waals surface area contributed by atoms with Crippen molar-refractivity contribution in [3.8, 4) is 11.5 Å². The number of phenolic OH excluding ortho intramolecular Hbond substituents is 1. The lowest BCUT2D eigenvalue weighted by molar-refractivity contribution is -0.139. The van der Waals surface area contributed by atoms with Crippen LogP contribution in [0, 0.1) is 23.7 Å². The summed E-state index contributed by atoms with van der Waals surface area (Å²) >= 11 is 12.6. The number of benzene rings is 3. The number of anilines is 2. The lowest BCUT2D eigenvalue weighted by Crippen LogP contribution is -2.53. The summed E-state index contributed by atoms with van der Waals surface area (Å²) in [5, 5.41) is 32.0. The number of aromatic hydroxyl groups is 1. The minimum absolute atomic E-state index is 0.0405. The molecule has 298 valence electrons. The number of pyridine rings is 1. The molecule has 0 radical (unpaired) electrons. The molecule has 4 aliphatic rings. The number of fused-ring (bicyclic) bond motifs is 4. The van der Waals surface area contributed by atoms with Crippen molar-refractivity contribution < 1.29 is 52.2 Å². The molecule has 8 rings (SSSR count). The number of amides is 4. The maximum Gasteiger partial charge on any atom is 0.488 e. The van der Waals surface area contributed by atoms with Crippen molar-refractivity contribution in [2.45, 2.75) is 37.3 Å². The van der Waals surface area contributed by atoms with Crippen molar-refractivity contribution in [1.82, 2.24) is 9.99 Å². The Morgan fingerprint density at radius 3 is 2.36 bits per heavy atom. The zero-order chi connectivity index (χ0) is 41.4. The van der Waals surface area contributed by atoms with Gasteiger partial charge in [0.15, 0.2) is 17.3 Å². The third-order valence-electron chi connectivity index (χ3n) is 11.6. The Kier molecular flexibility index (Phi) is 9.82. The highest BCUT2D eigenvalue weighted by Crippen LogP contribution is 2.65. The number of para-hydroxylation sites is 1. The first kappa shape index (κ1) is 39.4. The number of carbonyl (C=O) groups is 4. The van der Waals surface area contributed by atoms with E-state index in [-0.39, 0.29) is 47.7 Å². The summed E-state index contributed by atoms with van der Waals surface area (Å²) < 4.78 is 46.3. The van der Waals surface area contributed by atoms with E-state index in [1.54, 1.807) is 37.3 Å². The van der Waals surface area contributed by atoms with E-state index < -0.39 is 88.3 Å². The normalized spacial score (nSPS) is 25.3. The number of hydrogen-bond donors (Lipinski definition) is 4. The maximum absolute atomic E-state index is 15.4. The third kappa shape index (κ3) is 6.03. The molecule has 3 aromatic carbocycles. The van der Waals surface area contributed by atoms with Crippen molar-refractivity contribution in [2.24, 2.45) is 23.7 Å². The van der Waals surface area contributed by atoms with Gasteiger partial charge < -0.3 is 19.9 Å². The van der Waals surface area contributed by atoms with Crippen LogP contribution in [0.2, 0.25) is 10.0 Å². The summed E-state index contributed by atoms with van der Waals surface area (Å²) in [7, 11) is -1.88. The molecule has 18 heteroatoms. The molecule has 4 amide bonds. The fourth-order valence-corrected chi connectivity index (χ4v) is 9.59. The van der Waals surface area contributed by atoms with Crippen LogP contribution in [0.25, 0.3) is 0 Å². The molecular formula is C40H32BCl2F3N4O8. The van der Waals surface area contributed by atoms with Gasteiger partial charge in [0, 0.05) is 22.7 Å². The second-order valence-corrected chi connectivity index (χ2v) is 15.4. The highest BCUT2D eigenvalue weighted by atomic mass is 35.5. The zero-order valence-corrected chi connectivity index (χ0v) is 31.8. The SMILES string of the molecule is CCOc1cccc(C2C3=CCC4C(=O)N(c5cccc(B(O)O)c5)C(=O)C4C3CC3C(=O)N(Nc4ncc(C(F)(F)F)cc4Cl)C(=O)C32c2ccc(Cl)cc2)c1O. The molecule has 0 spiro atoms. The summed E-state index contributed by atoms with van der Waals surface area (Å²) in [6.45, 7) is 1.88. The van der Waals surface area contributed by atoms with Crippen LogP contribution in [0.15, 0.2) is 90.6 Å². The number of nitrogens with one attached hydrogen (secondary N) is 1. The first-order chi connectivity index (χ1) is 27.6. The molecule has 4 N–H and O–H groups in total. The van der Waals surface area contributed by atoms with Crippen molar-refractivity contribution in [1.29, 1.82) is 0 Å². The first-order valence-electron chi connectivity index (χ1n) is 18.2. The smallest absolute Gasteiger partial charge is 0.488 e. The van der Waals surface area contributed by atoms with Crippen LogP contribution in [-0.2, 0) is 30.8 Å². The largest absolute Gasteiger partial charge is 0.504 e. The van der Waals surface area contributed by atoms with Crippen LogP contribution < -0.4 is 20.5 Å². The molecule has 3 fully saturated rings. The fraction of sp³-hybridized carbons (Fsp3) is 0.275. The van der Waals surface area contributed by atoms with Gasteiger partial charge in [0.25, 0.3) is 11.8 Å². The average Bonchev–Trinajstić information content (AvgIpc) is 3.57. The first-order valence-corrected chi connectivity index (χ1v) is 19.0. The Morgan fingerprint density at radius 1 is 0.966 bits per heavy atom. The number of nitrogens with zero attached hydrogens (tertiary/aromatic N) is 3. The highest BCUT2D eigenvalue weighted by molar-refractivity contribution is 6.58. The predicted octanol–water partition coefficient (Wildman–Crippen LogP) is 5.38. The van der Waals surface area contributed by atoms with Crippen molar-refractivity contribution in [3.63, 3.8) is 0 Å². The van der Waals surface area contributed by atoms with E-state index in [4.69, 9.17) is 27.9 Å². The lowest BCUT2D eigenvalue weighted by Gasteiger charge is -2.50. The summed E-state index contributed by atoms with van der Waals surface area (Å²) in [5.41, 5.74) is 0.663. The number of carbonyl (C=O) groups excluding carboxylic acids is 4. The number of imide groups is 2. The van der Waals surface area contributed by atoms with Gasteiger partial charge in [-0.1, -0.05) is 71.2 Å². The van der Waals surface area contributed by atoms with Gasteiger partial charge in [-0.2, -0.15) is 18.2 Å². The van der Waals surface area contributed by atoms with Gasteiger partial charge >= 0.3 is 13.3 Å². The number of phenols is 1. The van der Waals surface area contributed by atoms with Gasteiger partial charge in [0.05, 0.1) is 46.0 Å². The number of ether oxygens (including phenoxy) is 1. The second kappa shape index (κ2) is 14.4. The zero-order valence-electron chi connectivity index (χ0n) is 30.3. The van der Waals surface area contributed by atoms with E-state index in [9.17, 15) is 42.7 Å². The standard InChI is InChI=1S/C40H32BCl2F3N4O8/c1-2-58-30-8-4-7-26(33(30)51)32-24-13-14-25-31(37(54)49(35(25)52)23-6-3-5-21(16-23)41(56)57)27(24)17-28-36(53)50(38(55)39(28,32)19-9-11-22(42)12-10-19)48-34-29(43)15-20(18-47-34)40(44,45)46/h3-13,15-16,18,25,27-28,31-32,51,56-57H,2,14,17H2,1H3,(H,47,48). The van der Waals surface area contributed by atoms with Gasteiger partial charge in [0.2, 0.25) is 11.8 Å². The van der Waals surface area contributed by atoms with E-state index in [2.05, 4.69) is 10.4 Å².